The first-order chi connectivity index (χ1) is 13.2. The quantitative estimate of drug-likeness (QED) is 0.200. The van der Waals surface area contributed by atoms with Crippen LogP contribution in [0.4, 0.5) is 5.69 Å². The largest absolute Gasteiger partial charge is 0.454 e. The normalized spacial score (nSPS) is 12.2. The minimum absolute atomic E-state index is 0. The molecule has 2 aromatic carbocycles. The summed E-state index contributed by atoms with van der Waals surface area (Å²) in [6.07, 6.45) is 0.803. The Morgan fingerprint density at radius 2 is 1.96 bits per heavy atom. The highest BCUT2D eigenvalue weighted by molar-refractivity contribution is 14.0. The third-order valence-corrected chi connectivity index (χ3v) is 4.03. The van der Waals surface area contributed by atoms with Gasteiger partial charge in [-0.3, -0.25) is 10.1 Å². The molecule has 9 heteroatoms. The van der Waals surface area contributed by atoms with Gasteiger partial charge in [-0.15, -0.1) is 24.0 Å². The Kier molecular flexibility index (Phi) is 8.30. The predicted octanol–water partition coefficient (Wildman–Crippen LogP) is 3.24. The van der Waals surface area contributed by atoms with Crippen molar-refractivity contribution >= 4 is 35.6 Å². The zero-order valence-electron chi connectivity index (χ0n) is 15.5. The maximum Gasteiger partial charge on any atom is 0.269 e. The van der Waals surface area contributed by atoms with Gasteiger partial charge in [-0.1, -0.05) is 18.2 Å². The van der Waals surface area contributed by atoms with E-state index in [4.69, 9.17) is 9.47 Å². The summed E-state index contributed by atoms with van der Waals surface area (Å²) in [4.78, 5) is 15.0. The Morgan fingerprint density at radius 1 is 1.14 bits per heavy atom. The molecule has 0 aromatic heterocycles. The van der Waals surface area contributed by atoms with Gasteiger partial charge < -0.3 is 20.1 Å². The molecule has 0 fully saturated rings. The summed E-state index contributed by atoms with van der Waals surface area (Å²) < 4.78 is 10.7. The fourth-order valence-corrected chi connectivity index (χ4v) is 2.70. The zero-order chi connectivity index (χ0) is 19.1. The van der Waals surface area contributed by atoms with Crippen molar-refractivity contribution in [1.82, 2.24) is 10.6 Å². The predicted molar refractivity (Wildman–Crippen MR) is 118 cm³/mol. The fraction of sp³-hybridized carbons (Fsp3) is 0.316. The molecule has 1 aliphatic heterocycles. The number of hydrogen-bond acceptors (Lipinski definition) is 5. The molecule has 0 amide bonds. The summed E-state index contributed by atoms with van der Waals surface area (Å²) in [7, 11) is 0. The number of nitrogens with zero attached hydrogens (tertiary/aromatic N) is 2. The lowest BCUT2D eigenvalue weighted by atomic mass is 10.1. The smallest absolute Gasteiger partial charge is 0.269 e. The molecular weight excluding hydrogens is 475 g/mol. The van der Waals surface area contributed by atoms with E-state index in [1.54, 1.807) is 12.1 Å². The van der Waals surface area contributed by atoms with Crippen LogP contribution in [0.1, 0.15) is 18.1 Å². The average molecular weight is 498 g/mol. The first kappa shape index (κ1) is 21.7. The highest BCUT2D eigenvalue weighted by atomic mass is 127. The van der Waals surface area contributed by atoms with E-state index >= 15 is 0 Å². The van der Waals surface area contributed by atoms with Crippen LogP contribution in [0.3, 0.4) is 0 Å². The minimum atomic E-state index is -0.401. The Balaban J connectivity index is 0.00000280. The van der Waals surface area contributed by atoms with E-state index in [1.165, 1.54) is 6.07 Å². The standard InChI is InChI=1S/C19H22N4O4.HI/c1-2-20-19(22-12-15-4-3-5-16(10-15)23(24)25)21-9-8-14-6-7-17-18(11-14)27-13-26-17;/h3-7,10-11H,2,8-9,12-13H2,1H3,(H2,20,21,22);1H. The number of fused-ring (bicyclic) bond motifs is 1. The van der Waals surface area contributed by atoms with Crippen molar-refractivity contribution in [3.8, 4) is 11.5 Å². The van der Waals surface area contributed by atoms with E-state index in [2.05, 4.69) is 15.6 Å². The lowest BCUT2D eigenvalue weighted by Gasteiger charge is -2.11. The Labute approximate surface area is 180 Å². The summed E-state index contributed by atoms with van der Waals surface area (Å²) in [5, 5.41) is 17.3. The number of hydrogen-bond donors (Lipinski definition) is 2. The lowest BCUT2D eigenvalue weighted by Crippen LogP contribution is -2.38. The molecule has 2 aromatic rings. The van der Waals surface area contributed by atoms with Crippen LogP contribution in [0.15, 0.2) is 47.5 Å². The van der Waals surface area contributed by atoms with Gasteiger partial charge >= 0.3 is 0 Å². The van der Waals surface area contributed by atoms with Crippen LogP contribution in [-0.4, -0.2) is 30.8 Å². The number of nitro groups is 1. The van der Waals surface area contributed by atoms with Crippen molar-refractivity contribution in [2.24, 2.45) is 4.99 Å². The van der Waals surface area contributed by atoms with Crippen LogP contribution in [0.5, 0.6) is 11.5 Å². The van der Waals surface area contributed by atoms with Crippen LogP contribution in [-0.2, 0) is 13.0 Å². The first-order valence-electron chi connectivity index (χ1n) is 8.79. The number of halogens is 1. The SMILES string of the molecule is CCNC(=NCc1cccc([N+](=O)[O-])c1)NCCc1ccc2c(c1)OCO2.I. The zero-order valence-corrected chi connectivity index (χ0v) is 17.8. The molecule has 0 bridgehead atoms. The molecule has 0 spiro atoms. The van der Waals surface area contributed by atoms with Crippen LogP contribution in [0, 0.1) is 10.1 Å². The van der Waals surface area contributed by atoms with E-state index in [0.29, 0.717) is 19.0 Å². The minimum Gasteiger partial charge on any atom is -0.454 e. The summed E-state index contributed by atoms with van der Waals surface area (Å²) in [5.74, 6) is 2.22. The molecule has 0 saturated carbocycles. The number of benzene rings is 2. The second-order valence-corrected chi connectivity index (χ2v) is 5.99. The first-order valence-corrected chi connectivity index (χ1v) is 8.79. The van der Waals surface area contributed by atoms with Gasteiger partial charge in [-0.25, -0.2) is 4.99 Å². The van der Waals surface area contributed by atoms with Gasteiger partial charge in [-0.2, -0.15) is 0 Å². The molecule has 1 aliphatic rings. The molecule has 0 aliphatic carbocycles. The molecule has 8 nitrogen and oxygen atoms in total. The molecule has 1 heterocycles. The van der Waals surface area contributed by atoms with Crippen LogP contribution >= 0.6 is 24.0 Å². The lowest BCUT2D eigenvalue weighted by molar-refractivity contribution is -0.384. The molecule has 150 valence electrons. The Morgan fingerprint density at radius 3 is 2.75 bits per heavy atom. The van der Waals surface area contributed by atoms with Crippen molar-refractivity contribution in [2.75, 3.05) is 19.9 Å². The summed E-state index contributed by atoms with van der Waals surface area (Å²) in [6.45, 7) is 4.04. The third-order valence-electron chi connectivity index (χ3n) is 4.03. The fourth-order valence-electron chi connectivity index (χ4n) is 2.70. The molecule has 3 rings (SSSR count). The van der Waals surface area contributed by atoms with E-state index in [9.17, 15) is 10.1 Å². The van der Waals surface area contributed by atoms with Crippen LogP contribution in [0.2, 0.25) is 0 Å². The number of nitrogens with one attached hydrogen (secondary N) is 2. The van der Waals surface area contributed by atoms with Gasteiger partial charge in [0.05, 0.1) is 11.5 Å². The van der Waals surface area contributed by atoms with Crippen molar-refractivity contribution in [2.45, 2.75) is 19.9 Å². The molecule has 28 heavy (non-hydrogen) atoms. The summed E-state index contributed by atoms with van der Waals surface area (Å²) in [5.41, 5.74) is 2.00. The van der Waals surface area contributed by atoms with Gasteiger partial charge in [0.25, 0.3) is 5.69 Å². The second-order valence-electron chi connectivity index (χ2n) is 5.99. The van der Waals surface area contributed by atoms with Gasteiger partial charge in [0.2, 0.25) is 6.79 Å². The summed E-state index contributed by atoms with van der Waals surface area (Å²) >= 11 is 0. The van der Waals surface area contributed by atoms with Crippen molar-refractivity contribution in [3.05, 3.63) is 63.7 Å². The van der Waals surface area contributed by atoms with Crippen LogP contribution in [0.25, 0.3) is 0 Å². The van der Waals surface area contributed by atoms with E-state index in [-0.39, 0.29) is 36.5 Å². The highest BCUT2D eigenvalue weighted by Gasteiger charge is 2.13. The maximum atomic E-state index is 10.9. The Hall–Kier alpha value is -2.56. The Bertz CT molecular complexity index is 844. The van der Waals surface area contributed by atoms with E-state index in [0.717, 1.165) is 35.6 Å². The average Bonchev–Trinajstić information content (AvgIpc) is 3.14. The number of aliphatic imine (C=N–C) groups is 1. The molecule has 0 unspecified atom stereocenters. The van der Waals surface area contributed by atoms with Gasteiger partial charge in [-0.05, 0) is 36.6 Å². The number of ether oxygens (including phenoxy) is 2. The van der Waals surface area contributed by atoms with Crippen molar-refractivity contribution in [1.29, 1.82) is 0 Å². The van der Waals surface area contributed by atoms with Gasteiger partial charge in [0, 0.05) is 25.2 Å². The van der Waals surface area contributed by atoms with E-state index in [1.807, 2.05) is 31.2 Å². The number of guanidine groups is 1. The number of rotatable bonds is 7. The van der Waals surface area contributed by atoms with Crippen molar-refractivity contribution < 1.29 is 14.4 Å². The highest BCUT2D eigenvalue weighted by Crippen LogP contribution is 2.32. The molecule has 2 N–H and O–H groups in total. The number of nitro benzene ring substituents is 1. The topological polar surface area (TPSA) is 98.0 Å². The van der Waals surface area contributed by atoms with Crippen molar-refractivity contribution in [3.63, 3.8) is 0 Å². The van der Waals surface area contributed by atoms with Crippen LogP contribution < -0.4 is 20.1 Å². The van der Waals surface area contributed by atoms with Gasteiger partial charge in [0.15, 0.2) is 17.5 Å². The molecule has 0 saturated heterocycles. The maximum absolute atomic E-state index is 10.9. The molecule has 0 radical (unpaired) electrons. The number of non-ortho nitro benzene ring substituents is 1. The van der Waals surface area contributed by atoms with Gasteiger partial charge in [0.1, 0.15) is 0 Å². The third kappa shape index (κ3) is 5.98. The molecule has 0 atom stereocenters. The summed E-state index contributed by atoms with van der Waals surface area (Å²) in [6, 6.07) is 12.4. The monoisotopic (exact) mass is 498 g/mol. The molecular formula is C19H23IN4O4. The van der Waals surface area contributed by atoms with E-state index < -0.39 is 4.92 Å². The second kappa shape index (κ2) is 10.7.